The van der Waals surface area contributed by atoms with Crippen LogP contribution in [0.5, 0.6) is 0 Å². The van der Waals surface area contributed by atoms with E-state index in [-0.39, 0.29) is 11.9 Å². The standard InChI is InChI=1S/C15H20ClNO/c1-2-14(8-9-16)17-15(18)13-7-6-11-4-3-5-12(11)10-13/h6-7,10,14H,2-5,8-9H2,1H3,(H,17,18). The number of aryl methyl sites for hydroxylation is 2. The maximum atomic E-state index is 12.1. The summed E-state index contributed by atoms with van der Waals surface area (Å²) < 4.78 is 0. The van der Waals surface area contributed by atoms with Gasteiger partial charge in [-0.1, -0.05) is 13.0 Å². The Morgan fingerprint density at radius 3 is 2.89 bits per heavy atom. The lowest BCUT2D eigenvalue weighted by atomic mass is 10.1. The van der Waals surface area contributed by atoms with Gasteiger partial charge in [-0.05, 0) is 55.4 Å². The number of halogens is 1. The molecular formula is C15H20ClNO. The van der Waals surface area contributed by atoms with Crippen LogP contribution in [0.1, 0.15) is 47.7 Å². The first kappa shape index (κ1) is 13.4. The summed E-state index contributed by atoms with van der Waals surface area (Å²) in [5.74, 6) is 0.616. The number of fused-ring (bicyclic) bond motifs is 1. The first-order valence-electron chi connectivity index (χ1n) is 6.73. The first-order valence-corrected chi connectivity index (χ1v) is 7.26. The summed E-state index contributed by atoms with van der Waals surface area (Å²) in [6, 6.07) is 6.26. The minimum absolute atomic E-state index is 0.0293. The van der Waals surface area contributed by atoms with Crippen molar-refractivity contribution in [1.29, 1.82) is 0 Å². The molecule has 0 fully saturated rings. The predicted molar refractivity (Wildman–Crippen MR) is 75.3 cm³/mol. The Hall–Kier alpha value is -1.02. The number of carbonyl (C=O) groups excluding carboxylic acids is 1. The van der Waals surface area contributed by atoms with Crippen LogP contribution in [0.4, 0.5) is 0 Å². The lowest BCUT2D eigenvalue weighted by Crippen LogP contribution is -2.34. The van der Waals surface area contributed by atoms with E-state index in [2.05, 4.69) is 18.3 Å². The fourth-order valence-electron chi connectivity index (χ4n) is 2.49. The van der Waals surface area contributed by atoms with Crippen molar-refractivity contribution >= 4 is 17.5 Å². The summed E-state index contributed by atoms with van der Waals surface area (Å²) >= 11 is 5.73. The van der Waals surface area contributed by atoms with Gasteiger partial charge in [-0.15, -0.1) is 11.6 Å². The van der Waals surface area contributed by atoms with Gasteiger partial charge in [0.1, 0.15) is 0 Å². The molecule has 98 valence electrons. The Morgan fingerprint density at radius 2 is 2.17 bits per heavy atom. The van der Waals surface area contributed by atoms with Gasteiger partial charge in [0.25, 0.3) is 5.91 Å². The summed E-state index contributed by atoms with van der Waals surface area (Å²) in [5.41, 5.74) is 3.52. The Kier molecular flexibility index (Phi) is 4.65. The van der Waals surface area contributed by atoms with Crippen molar-refractivity contribution in [3.63, 3.8) is 0 Å². The average Bonchev–Trinajstić information content (AvgIpc) is 2.85. The summed E-state index contributed by atoms with van der Waals surface area (Å²) in [6.07, 6.45) is 5.22. The van der Waals surface area contributed by atoms with Gasteiger partial charge in [0, 0.05) is 17.5 Å². The lowest BCUT2D eigenvalue weighted by molar-refractivity contribution is 0.0935. The molecular weight excluding hydrogens is 246 g/mol. The molecule has 0 aliphatic heterocycles. The molecule has 3 heteroatoms. The molecule has 0 saturated heterocycles. The molecule has 1 aliphatic carbocycles. The second kappa shape index (κ2) is 6.24. The number of amides is 1. The quantitative estimate of drug-likeness (QED) is 0.813. The molecule has 0 radical (unpaired) electrons. The SMILES string of the molecule is CCC(CCCl)NC(=O)c1ccc2c(c1)CCC2. The Morgan fingerprint density at radius 1 is 1.39 bits per heavy atom. The zero-order valence-corrected chi connectivity index (χ0v) is 11.6. The number of nitrogens with one attached hydrogen (secondary N) is 1. The van der Waals surface area contributed by atoms with Crippen LogP contribution in [0.15, 0.2) is 18.2 Å². The molecule has 0 heterocycles. The molecule has 2 rings (SSSR count). The van der Waals surface area contributed by atoms with E-state index in [1.165, 1.54) is 17.5 Å². The van der Waals surface area contributed by atoms with E-state index in [1.807, 2.05) is 12.1 Å². The minimum atomic E-state index is 0.0293. The van der Waals surface area contributed by atoms with E-state index >= 15 is 0 Å². The average molecular weight is 266 g/mol. The molecule has 0 spiro atoms. The summed E-state index contributed by atoms with van der Waals surface area (Å²) in [6.45, 7) is 2.07. The largest absolute Gasteiger partial charge is 0.349 e. The zero-order chi connectivity index (χ0) is 13.0. The molecule has 1 N–H and O–H groups in total. The van der Waals surface area contributed by atoms with Crippen molar-refractivity contribution in [3.8, 4) is 0 Å². The van der Waals surface area contributed by atoms with E-state index in [9.17, 15) is 4.79 Å². The summed E-state index contributed by atoms with van der Waals surface area (Å²) in [7, 11) is 0. The van der Waals surface area contributed by atoms with E-state index in [0.717, 1.165) is 31.2 Å². The Balaban J connectivity index is 2.04. The number of hydrogen-bond donors (Lipinski definition) is 1. The van der Waals surface area contributed by atoms with Crippen LogP contribution < -0.4 is 5.32 Å². The van der Waals surface area contributed by atoms with Crippen molar-refractivity contribution < 1.29 is 4.79 Å². The molecule has 1 aliphatic rings. The van der Waals surface area contributed by atoms with Crippen LogP contribution in [0.2, 0.25) is 0 Å². The highest BCUT2D eigenvalue weighted by Crippen LogP contribution is 2.22. The van der Waals surface area contributed by atoms with Gasteiger partial charge in [-0.3, -0.25) is 4.79 Å². The van der Waals surface area contributed by atoms with Crippen molar-refractivity contribution in [1.82, 2.24) is 5.32 Å². The molecule has 1 amide bonds. The maximum absolute atomic E-state index is 12.1. The number of carbonyl (C=O) groups is 1. The van der Waals surface area contributed by atoms with Crippen molar-refractivity contribution in [2.75, 3.05) is 5.88 Å². The number of rotatable bonds is 5. The normalized spacial score (nSPS) is 15.2. The molecule has 1 unspecified atom stereocenters. The predicted octanol–water partition coefficient (Wildman–Crippen LogP) is 3.31. The first-order chi connectivity index (χ1) is 8.74. The molecule has 1 atom stereocenters. The van der Waals surface area contributed by atoms with Crippen LogP contribution in [0.25, 0.3) is 0 Å². The zero-order valence-electron chi connectivity index (χ0n) is 10.8. The van der Waals surface area contributed by atoms with Gasteiger partial charge in [-0.2, -0.15) is 0 Å². The Bertz CT molecular complexity index is 431. The van der Waals surface area contributed by atoms with Gasteiger partial charge in [0.2, 0.25) is 0 Å². The molecule has 0 bridgehead atoms. The Labute approximate surface area is 114 Å². The highest BCUT2D eigenvalue weighted by Gasteiger charge is 2.15. The van der Waals surface area contributed by atoms with Crippen molar-refractivity contribution in [2.24, 2.45) is 0 Å². The van der Waals surface area contributed by atoms with E-state index in [0.29, 0.717) is 5.88 Å². The molecule has 0 saturated carbocycles. The van der Waals surface area contributed by atoms with Crippen LogP contribution in [-0.2, 0) is 12.8 Å². The topological polar surface area (TPSA) is 29.1 Å². The van der Waals surface area contributed by atoms with Crippen LogP contribution >= 0.6 is 11.6 Å². The summed E-state index contributed by atoms with van der Waals surface area (Å²) in [5, 5.41) is 3.05. The van der Waals surface area contributed by atoms with Crippen molar-refractivity contribution in [2.45, 2.75) is 45.1 Å². The van der Waals surface area contributed by atoms with Gasteiger partial charge in [0.15, 0.2) is 0 Å². The monoisotopic (exact) mass is 265 g/mol. The van der Waals surface area contributed by atoms with Gasteiger partial charge >= 0.3 is 0 Å². The second-order valence-corrected chi connectivity index (χ2v) is 5.27. The third-order valence-corrected chi connectivity index (χ3v) is 3.86. The fraction of sp³-hybridized carbons (Fsp3) is 0.533. The molecule has 1 aromatic carbocycles. The highest BCUT2D eigenvalue weighted by molar-refractivity contribution is 6.17. The van der Waals surface area contributed by atoms with Gasteiger partial charge in [0.05, 0.1) is 0 Å². The molecule has 0 aromatic heterocycles. The number of benzene rings is 1. The van der Waals surface area contributed by atoms with Crippen LogP contribution in [-0.4, -0.2) is 17.8 Å². The third kappa shape index (κ3) is 3.05. The number of hydrogen-bond acceptors (Lipinski definition) is 1. The maximum Gasteiger partial charge on any atom is 0.251 e. The summed E-state index contributed by atoms with van der Waals surface area (Å²) in [4.78, 5) is 12.1. The highest BCUT2D eigenvalue weighted by atomic mass is 35.5. The van der Waals surface area contributed by atoms with Crippen LogP contribution in [0, 0.1) is 0 Å². The molecule has 18 heavy (non-hydrogen) atoms. The minimum Gasteiger partial charge on any atom is -0.349 e. The fourth-order valence-corrected chi connectivity index (χ4v) is 2.76. The van der Waals surface area contributed by atoms with Crippen molar-refractivity contribution in [3.05, 3.63) is 34.9 Å². The smallest absolute Gasteiger partial charge is 0.251 e. The third-order valence-electron chi connectivity index (χ3n) is 3.65. The lowest BCUT2D eigenvalue weighted by Gasteiger charge is -2.16. The van der Waals surface area contributed by atoms with E-state index in [1.54, 1.807) is 0 Å². The molecule has 1 aromatic rings. The van der Waals surface area contributed by atoms with E-state index in [4.69, 9.17) is 11.6 Å². The van der Waals surface area contributed by atoms with Gasteiger partial charge in [-0.25, -0.2) is 0 Å². The molecule has 2 nitrogen and oxygen atoms in total. The van der Waals surface area contributed by atoms with E-state index < -0.39 is 0 Å². The van der Waals surface area contributed by atoms with Gasteiger partial charge < -0.3 is 5.32 Å². The number of alkyl halides is 1. The second-order valence-electron chi connectivity index (χ2n) is 4.89. The van der Waals surface area contributed by atoms with Crippen LogP contribution in [0.3, 0.4) is 0 Å².